The molecule has 3 unspecified atom stereocenters. The van der Waals surface area contributed by atoms with Gasteiger partial charge < -0.3 is 9.80 Å². The van der Waals surface area contributed by atoms with Crippen LogP contribution >= 0.6 is 10.7 Å². The van der Waals surface area contributed by atoms with E-state index in [-0.39, 0.29) is 17.6 Å². The van der Waals surface area contributed by atoms with Crippen molar-refractivity contribution in [3.63, 3.8) is 0 Å². The molecule has 0 aliphatic carbocycles. The number of nitrogens with zero attached hydrogens (tertiary/aromatic N) is 2. The van der Waals surface area contributed by atoms with Gasteiger partial charge in [0.2, 0.25) is 15.0 Å². The van der Waals surface area contributed by atoms with Gasteiger partial charge in [0.1, 0.15) is 0 Å². The third kappa shape index (κ3) is 5.42. The topological polar surface area (TPSA) is 57.7 Å². The largest absolute Gasteiger partial charge is 0.341 e. The van der Waals surface area contributed by atoms with Gasteiger partial charge in [0.05, 0.1) is 5.75 Å². The molecule has 2 rings (SSSR count). The molecule has 7 heteroatoms. The quantitative estimate of drug-likeness (QED) is 0.712. The second kappa shape index (κ2) is 6.84. The van der Waals surface area contributed by atoms with Gasteiger partial charge in [-0.15, -0.1) is 0 Å². The average molecular weight is 337 g/mol. The van der Waals surface area contributed by atoms with Crippen molar-refractivity contribution in [1.29, 1.82) is 0 Å². The Labute approximate surface area is 132 Å². The summed E-state index contributed by atoms with van der Waals surface area (Å²) < 4.78 is 22.2. The Bertz CT molecular complexity index is 473. The Hall–Kier alpha value is -0.330. The first-order valence-electron chi connectivity index (χ1n) is 7.65. The van der Waals surface area contributed by atoms with Crippen LogP contribution in [0.3, 0.4) is 0 Å². The van der Waals surface area contributed by atoms with Crippen LogP contribution in [-0.2, 0) is 13.8 Å². The lowest BCUT2D eigenvalue weighted by Gasteiger charge is -2.35. The number of carbonyl (C=O) groups is 1. The molecule has 0 aromatic rings. The van der Waals surface area contributed by atoms with Crippen LogP contribution in [0.1, 0.15) is 26.7 Å². The van der Waals surface area contributed by atoms with Gasteiger partial charge >= 0.3 is 0 Å². The van der Waals surface area contributed by atoms with Crippen molar-refractivity contribution in [2.45, 2.75) is 26.7 Å². The summed E-state index contributed by atoms with van der Waals surface area (Å²) in [4.78, 5) is 16.1. The Kier molecular flexibility index (Phi) is 5.54. The smallest absolute Gasteiger partial charge is 0.232 e. The lowest BCUT2D eigenvalue weighted by atomic mass is 9.92. The molecule has 0 aromatic carbocycles. The average Bonchev–Trinajstić information content (AvgIpc) is 2.63. The van der Waals surface area contributed by atoms with Gasteiger partial charge in [0.25, 0.3) is 0 Å². The van der Waals surface area contributed by atoms with Crippen molar-refractivity contribution >= 4 is 25.6 Å². The highest BCUT2D eigenvalue weighted by atomic mass is 35.7. The summed E-state index contributed by atoms with van der Waals surface area (Å²) in [5.74, 6) is 1.21. The summed E-state index contributed by atoms with van der Waals surface area (Å²) in [5, 5.41) is 0. The Morgan fingerprint density at radius 3 is 2.33 bits per heavy atom. The van der Waals surface area contributed by atoms with Gasteiger partial charge in [0.15, 0.2) is 0 Å². The minimum Gasteiger partial charge on any atom is -0.341 e. The van der Waals surface area contributed by atoms with Crippen LogP contribution in [0.5, 0.6) is 0 Å². The van der Waals surface area contributed by atoms with Crippen LogP contribution in [0, 0.1) is 17.8 Å². The summed E-state index contributed by atoms with van der Waals surface area (Å²) in [6, 6.07) is 0. The SMILES string of the molecule is CC1CC(C)CN(CCN2CC(CS(=O)(=O)Cl)CC2=O)C1. The molecule has 2 saturated heterocycles. The van der Waals surface area contributed by atoms with Crippen LogP contribution in [0.2, 0.25) is 0 Å². The maximum Gasteiger partial charge on any atom is 0.232 e. The number of halogens is 1. The lowest BCUT2D eigenvalue weighted by Crippen LogP contribution is -2.43. The molecule has 0 saturated carbocycles. The molecule has 3 atom stereocenters. The standard InChI is InChI=1S/C14H25ClN2O3S/c1-11-5-12(2)8-16(7-11)3-4-17-9-13(6-14(17)18)10-21(15,19)20/h11-13H,3-10H2,1-2H3. The van der Waals surface area contributed by atoms with Gasteiger partial charge in [-0.05, 0) is 18.3 Å². The molecule has 21 heavy (non-hydrogen) atoms. The summed E-state index contributed by atoms with van der Waals surface area (Å²) in [5.41, 5.74) is 0. The molecule has 122 valence electrons. The van der Waals surface area contributed by atoms with E-state index in [1.165, 1.54) is 6.42 Å². The third-order valence-corrected chi connectivity index (χ3v) is 5.61. The first-order valence-corrected chi connectivity index (χ1v) is 10.1. The summed E-state index contributed by atoms with van der Waals surface area (Å²) >= 11 is 0. The van der Waals surface area contributed by atoms with Gasteiger partial charge in [0, 0.05) is 55.7 Å². The van der Waals surface area contributed by atoms with Crippen molar-refractivity contribution in [3.8, 4) is 0 Å². The number of amides is 1. The molecule has 0 spiro atoms. The fourth-order valence-corrected chi connectivity index (χ4v) is 5.02. The summed E-state index contributed by atoms with van der Waals surface area (Å²) in [6.07, 6.45) is 1.58. The fraction of sp³-hybridized carbons (Fsp3) is 0.929. The number of piperidine rings is 1. The fourth-order valence-electron chi connectivity index (χ4n) is 3.70. The second-order valence-electron chi connectivity index (χ2n) is 6.82. The predicted octanol–water partition coefficient (Wildman–Crippen LogP) is 1.38. The molecule has 2 aliphatic rings. The third-order valence-electron chi connectivity index (χ3n) is 4.36. The van der Waals surface area contributed by atoms with E-state index in [9.17, 15) is 13.2 Å². The zero-order valence-corrected chi connectivity index (χ0v) is 14.4. The number of hydrogen-bond donors (Lipinski definition) is 0. The molecular weight excluding hydrogens is 312 g/mol. The maximum absolute atomic E-state index is 11.9. The first kappa shape index (κ1) is 17.0. The highest BCUT2D eigenvalue weighted by Crippen LogP contribution is 2.23. The Morgan fingerprint density at radius 1 is 1.14 bits per heavy atom. The van der Waals surface area contributed by atoms with Crippen LogP contribution in [0.15, 0.2) is 0 Å². The van der Waals surface area contributed by atoms with Crippen LogP contribution in [0.4, 0.5) is 0 Å². The van der Waals surface area contributed by atoms with Gasteiger partial charge in [-0.1, -0.05) is 13.8 Å². The number of carbonyl (C=O) groups excluding carboxylic acids is 1. The van der Waals surface area contributed by atoms with E-state index in [1.54, 1.807) is 4.90 Å². The van der Waals surface area contributed by atoms with E-state index in [0.29, 0.717) is 31.3 Å². The van der Waals surface area contributed by atoms with E-state index >= 15 is 0 Å². The number of likely N-dealkylation sites (tertiary alicyclic amines) is 2. The highest BCUT2D eigenvalue weighted by Gasteiger charge is 2.32. The molecule has 0 N–H and O–H groups in total. The molecule has 0 aromatic heterocycles. The van der Waals surface area contributed by atoms with Gasteiger partial charge in [-0.25, -0.2) is 8.42 Å². The Morgan fingerprint density at radius 2 is 1.76 bits per heavy atom. The summed E-state index contributed by atoms with van der Waals surface area (Å²) in [7, 11) is 1.75. The molecule has 2 fully saturated rings. The van der Waals surface area contributed by atoms with Crippen LogP contribution in [0.25, 0.3) is 0 Å². The number of hydrogen-bond acceptors (Lipinski definition) is 4. The molecular formula is C14H25ClN2O3S. The zero-order valence-electron chi connectivity index (χ0n) is 12.8. The Balaban J connectivity index is 1.79. The van der Waals surface area contributed by atoms with E-state index < -0.39 is 9.05 Å². The predicted molar refractivity (Wildman–Crippen MR) is 83.7 cm³/mol. The van der Waals surface area contributed by atoms with E-state index in [2.05, 4.69) is 18.7 Å². The highest BCUT2D eigenvalue weighted by molar-refractivity contribution is 8.13. The summed E-state index contributed by atoms with van der Waals surface area (Å²) in [6.45, 7) is 8.80. The molecule has 5 nitrogen and oxygen atoms in total. The number of rotatable bonds is 5. The van der Waals surface area contributed by atoms with Crippen molar-refractivity contribution < 1.29 is 13.2 Å². The molecule has 2 aliphatic heterocycles. The molecule has 0 bridgehead atoms. The van der Waals surface area contributed by atoms with E-state index in [4.69, 9.17) is 10.7 Å². The lowest BCUT2D eigenvalue weighted by molar-refractivity contribution is -0.127. The van der Waals surface area contributed by atoms with Gasteiger partial charge in [-0.3, -0.25) is 4.79 Å². The first-order chi connectivity index (χ1) is 9.73. The molecule has 0 radical (unpaired) electrons. The molecule has 2 heterocycles. The van der Waals surface area contributed by atoms with Crippen LogP contribution in [-0.4, -0.2) is 62.6 Å². The minimum absolute atomic E-state index is 0.0541. The zero-order chi connectivity index (χ0) is 15.6. The van der Waals surface area contributed by atoms with Crippen LogP contribution < -0.4 is 0 Å². The normalized spacial score (nSPS) is 31.9. The van der Waals surface area contributed by atoms with Crippen molar-refractivity contribution in [1.82, 2.24) is 9.80 Å². The van der Waals surface area contributed by atoms with E-state index in [0.717, 1.165) is 19.6 Å². The molecule has 1 amide bonds. The van der Waals surface area contributed by atoms with Crippen molar-refractivity contribution in [2.24, 2.45) is 17.8 Å². The van der Waals surface area contributed by atoms with Crippen molar-refractivity contribution in [2.75, 3.05) is 38.5 Å². The van der Waals surface area contributed by atoms with Crippen molar-refractivity contribution in [3.05, 3.63) is 0 Å². The second-order valence-corrected chi connectivity index (χ2v) is 9.64. The monoisotopic (exact) mass is 336 g/mol. The minimum atomic E-state index is -3.52. The van der Waals surface area contributed by atoms with Gasteiger partial charge in [-0.2, -0.15) is 0 Å². The van der Waals surface area contributed by atoms with E-state index in [1.807, 2.05) is 0 Å². The maximum atomic E-state index is 11.9.